The molecule has 0 bridgehead atoms. The molecule has 4 heteroatoms. The molecule has 1 saturated carbocycles. The minimum absolute atomic E-state index is 0.101. The molecule has 0 aliphatic heterocycles. The van der Waals surface area contributed by atoms with Crippen LogP contribution >= 0.6 is 15.9 Å². The molecule has 1 fully saturated rings. The topological polar surface area (TPSA) is 53.0 Å². The van der Waals surface area contributed by atoms with Gasteiger partial charge in [-0.15, -0.1) is 0 Å². The Kier molecular flexibility index (Phi) is 5.59. The maximum atomic E-state index is 8.89. The van der Waals surface area contributed by atoms with Crippen molar-refractivity contribution >= 4 is 15.9 Å². The van der Waals surface area contributed by atoms with Crippen molar-refractivity contribution in [2.75, 3.05) is 6.54 Å². The van der Waals surface area contributed by atoms with Gasteiger partial charge in [-0.25, -0.2) is 0 Å². The van der Waals surface area contributed by atoms with Crippen LogP contribution in [0.5, 0.6) is 0 Å². The Hall–Kier alpha value is -0.890. The molecular formula is C16H22BrN3. The number of hydrogen-bond acceptors (Lipinski definition) is 3. The van der Waals surface area contributed by atoms with Gasteiger partial charge in [-0.3, -0.25) is 4.90 Å². The van der Waals surface area contributed by atoms with E-state index in [-0.39, 0.29) is 12.1 Å². The van der Waals surface area contributed by atoms with Crippen molar-refractivity contribution in [2.24, 2.45) is 5.73 Å². The summed E-state index contributed by atoms with van der Waals surface area (Å²) in [4.78, 5) is 2.44. The summed E-state index contributed by atoms with van der Waals surface area (Å²) in [5.41, 5.74) is 7.65. The molecular weight excluding hydrogens is 314 g/mol. The minimum Gasteiger partial charge on any atom is -0.326 e. The molecule has 0 amide bonds. The Labute approximate surface area is 129 Å². The zero-order valence-corrected chi connectivity index (χ0v) is 13.5. The van der Waals surface area contributed by atoms with E-state index in [1.54, 1.807) is 0 Å². The van der Waals surface area contributed by atoms with E-state index in [0.29, 0.717) is 12.5 Å². The first-order valence-electron chi connectivity index (χ1n) is 7.31. The second kappa shape index (κ2) is 7.21. The third-order valence-corrected chi connectivity index (χ3v) is 4.42. The van der Waals surface area contributed by atoms with Gasteiger partial charge in [0.05, 0.1) is 12.1 Å². The quantitative estimate of drug-likeness (QED) is 0.828. The summed E-state index contributed by atoms with van der Waals surface area (Å²) in [6, 6.07) is 11.6. The van der Waals surface area contributed by atoms with E-state index in [2.05, 4.69) is 52.0 Å². The molecule has 0 aromatic heterocycles. The fourth-order valence-corrected chi connectivity index (χ4v) is 3.15. The summed E-state index contributed by atoms with van der Waals surface area (Å²) >= 11 is 3.54. The highest BCUT2D eigenvalue weighted by molar-refractivity contribution is 9.10. The average molecular weight is 336 g/mol. The largest absolute Gasteiger partial charge is 0.326 e. The van der Waals surface area contributed by atoms with Gasteiger partial charge < -0.3 is 5.73 Å². The lowest BCUT2D eigenvalue weighted by Gasteiger charge is -2.35. The van der Waals surface area contributed by atoms with Gasteiger partial charge in [0.15, 0.2) is 0 Å². The third kappa shape index (κ3) is 3.82. The molecule has 0 saturated heterocycles. The van der Waals surface area contributed by atoms with Gasteiger partial charge in [-0.1, -0.05) is 35.0 Å². The number of nitriles is 1. The van der Waals surface area contributed by atoms with Crippen molar-refractivity contribution in [1.82, 2.24) is 4.90 Å². The van der Waals surface area contributed by atoms with E-state index >= 15 is 0 Å². The Bertz CT molecular complexity index is 479. The second-order valence-electron chi connectivity index (χ2n) is 5.45. The third-order valence-electron chi connectivity index (χ3n) is 3.92. The summed E-state index contributed by atoms with van der Waals surface area (Å²) in [7, 11) is 0. The van der Waals surface area contributed by atoms with Gasteiger partial charge in [0.2, 0.25) is 0 Å². The van der Waals surface area contributed by atoms with Crippen LogP contribution < -0.4 is 5.73 Å². The molecule has 20 heavy (non-hydrogen) atoms. The number of benzene rings is 1. The van der Waals surface area contributed by atoms with Crippen LogP contribution in [0.3, 0.4) is 0 Å². The lowest BCUT2D eigenvalue weighted by molar-refractivity contribution is 0.163. The fourth-order valence-electron chi connectivity index (χ4n) is 2.73. The van der Waals surface area contributed by atoms with Gasteiger partial charge in [0.25, 0.3) is 0 Å². The Morgan fingerprint density at radius 2 is 2.25 bits per heavy atom. The van der Waals surface area contributed by atoms with E-state index in [0.717, 1.165) is 17.4 Å². The van der Waals surface area contributed by atoms with Crippen LogP contribution in [-0.2, 0) is 0 Å². The van der Waals surface area contributed by atoms with Crippen molar-refractivity contribution in [3.8, 4) is 6.07 Å². The highest BCUT2D eigenvalue weighted by atomic mass is 79.9. The molecule has 1 aromatic rings. The monoisotopic (exact) mass is 335 g/mol. The Morgan fingerprint density at radius 1 is 1.50 bits per heavy atom. The summed E-state index contributed by atoms with van der Waals surface area (Å²) in [5.74, 6) is 0. The molecule has 2 N–H and O–H groups in total. The number of hydrogen-bond donors (Lipinski definition) is 1. The van der Waals surface area contributed by atoms with Crippen LogP contribution in [0.1, 0.15) is 44.2 Å². The first-order valence-corrected chi connectivity index (χ1v) is 8.10. The molecule has 3 nitrogen and oxygen atoms in total. The van der Waals surface area contributed by atoms with Crippen molar-refractivity contribution in [1.29, 1.82) is 5.26 Å². The average Bonchev–Trinajstić information content (AvgIpc) is 3.27. The minimum atomic E-state index is 0.101. The normalized spacial score (nSPS) is 17.8. The summed E-state index contributed by atoms with van der Waals surface area (Å²) in [5, 5.41) is 8.89. The SMILES string of the molecule is CCC(N)C(c1cccc(Br)c1)N(CCC#N)C1CC1. The van der Waals surface area contributed by atoms with E-state index in [1.807, 2.05) is 6.07 Å². The number of nitrogens with two attached hydrogens (primary N) is 1. The zero-order chi connectivity index (χ0) is 14.5. The predicted octanol–water partition coefficient (Wildman–Crippen LogP) is 3.61. The molecule has 0 radical (unpaired) electrons. The molecule has 1 aliphatic carbocycles. The van der Waals surface area contributed by atoms with Crippen LogP contribution in [0.4, 0.5) is 0 Å². The van der Waals surface area contributed by atoms with Gasteiger partial charge in [0.1, 0.15) is 0 Å². The summed E-state index contributed by atoms with van der Waals surface area (Å²) in [6.07, 6.45) is 3.96. The molecule has 2 unspecified atom stereocenters. The number of rotatable bonds is 7. The van der Waals surface area contributed by atoms with Crippen LogP contribution in [0.2, 0.25) is 0 Å². The highest BCUT2D eigenvalue weighted by Gasteiger charge is 2.36. The second-order valence-corrected chi connectivity index (χ2v) is 6.36. The molecule has 2 rings (SSSR count). The summed E-state index contributed by atoms with van der Waals surface area (Å²) < 4.78 is 1.08. The molecule has 0 heterocycles. The van der Waals surface area contributed by atoms with Crippen molar-refractivity contribution in [2.45, 2.75) is 50.7 Å². The Balaban J connectivity index is 2.27. The first kappa shape index (κ1) is 15.5. The molecule has 2 atom stereocenters. The molecule has 1 aliphatic rings. The lowest BCUT2D eigenvalue weighted by Crippen LogP contribution is -2.42. The van der Waals surface area contributed by atoms with E-state index in [4.69, 9.17) is 11.0 Å². The van der Waals surface area contributed by atoms with Gasteiger partial charge in [-0.2, -0.15) is 5.26 Å². The smallest absolute Gasteiger partial charge is 0.0635 e. The maximum Gasteiger partial charge on any atom is 0.0635 e. The number of nitrogens with zero attached hydrogens (tertiary/aromatic N) is 2. The van der Waals surface area contributed by atoms with Crippen LogP contribution in [0, 0.1) is 11.3 Å². The van der Waals surface area contributed by atoms with E-state index in [9.17, 15) is 0 Å². The van der Waals surface area contributed by atoms with Crippen LogP contribution in [0.15, 0.2) is 28.7 Å². The maximum absolute atomic E-state index is 8.89. The van der Waals surface area contributed by atoms with Crippen molar-refractivity contribution in [3.05, 3.63) is 34.3 Å². The van der Waals surface area contributed by atoms with Crippen molar-refractivity contribution < 1.29 is 0 Å². The summed E-state index contributed by atoms with van der Waals surface area (Å²) in [6.45, 7) is 2.94. The first-order chi connectivity index (χ1) is 9.67. The molecule has 0 spiro atoms. The molecule has 108 valence electrons. The van der Waals surface area contributed by atoms with Gasteiger partial charge >= 0.3 is 0 Å². The van der Waals surface area contributed by atoms with Crippen LogP contribution in [0.25, 0.3) is 0 Å². The van der Waals surface area contributed by atoms with Crippen LogP contribution in [-0.4, -0.2) is 23.5 Å². The van der Waals surface area contributed by atoms with E-state index < -0.39 is 0 Å². The standard InChI is InChI=1S/C16H22BrN3/c1-2-15(19)16(12-5-3-6-13(17)11-12)20(10-4-9-18)14-7-8-14/h3,5-6,11,14-16H,2,4,7-8,10,19H2,1H3. The number of halogens is 1. The van der Waals surface area contributed by atoms with Gasteiger partial charge in [0, 0.05) is 29.5 Å². The predicted molar refractivity (Wildman–Crippen MR) is 85.1 cm³/mol. The van der Waals surface area contributed by atoms with E-state index in [1.165, 1.54) is 18.4 Å². The Morgan fingerprint density at radius 3 is 2.80 bits per heavy atom. The van der Waals surface area contributed by atoms with Gasteiger partial charge in [-0.05, 0) is 37.0 Å². The van der Waals surface area contributed by atoms with Crippen molar-refractivity contribution in [3.63, 3.8) is 0 Å². The lowest BCUT2D eigenvalue weighted by atomic mass is 9.96. The zero-order valence-electron chi connectivity index (χ0n) is 11.9. The fraction of sp³-hybridized carbons (Fsp3) is 0.562. The molecule has 1 aromatic carbocycles. The highest BCUT2D eigenvalue weighted by Crippen LogP contribution is 2.37.